The molecule has 2 nitrogen and oxygen atoms in total. The Labute approximate surface area is 105 Å². The van der Waals surface area contributed by atoms with Gasteiger partial charge in [-0.05, 0) is 34.1 Å². The average molecular weight is 303 g/mol. The number of rotatable bonds is 2. The Morgan fingerprint density at radius 3 is 2.75 bits per heavy atom. The molecule has 0 fully saturated rings. The van der Waals surface area contributed by atoms with Gasteiger partial charge in [0.15, 0.2) is 11.6 Å². The third kappa shape index (κ3) is 2.51. The molecule has 0 unspecified atom stereocenters. The second-order valence-corrected chi connectivity index (χ2v) is 4.29. The zero-order valence-corrected chi connectivity index (χ0v) is 10.3. The van der Waals surface area contributed by atoms with E-state index in [-0.39, 0.29) is 10.8 Å². The summed E-state index contributed by atoms with van der Waals surface area (Å²) in [6.07, 6.45) is 1.57. The van der Waals surface area contributed by atoms with Gasteiger partial charge in [0.05, 0.1) is 5.02 Å². The molecule has 0 spiro atoms. The Morgan fingerprint density at radius 1 is 1.25 bits per heavy atom. The molecule has 2 aromatic rings. The van der Waals surface area contributed by atoms with Crippen LogP contribution in [0.3, 0.4) is 0 Å². The number of nitrogens with zero attached hydrogens (tertiary/aromatic N) is 1. The zero-order chi connectivity index (χ0) is 11.5. The third-order valence-electron chi connectivity index (χ3n) is 1.83. The summed E-state index contributed by atoms with van der Waals surface area (Å²) >= 11 is 8.87. The normalized spacial score (nSPS) is 10.2. The highest BCUT2D eigenvalue weighted by molar-refractivity contribution is 9.10. The quantitative estimate of drug-likeness (QED) is 0.819. The van der Waals surface area contributed by atoms with Crippen molar-refractivity contribution in [2.24, 2.45) is 0 Å². The van der Waals surface area contributed by atoms with E-state index in [0.29, 0.717) is 5.88 Å². The maximum atomic E-state index is 13.5. The van der Waals surface area contributed by atoms with Crippen molar-refractivity contribution in [2.45, 2.75) is 0 Å². The summed E-state index contributed by atoms with van der Waals surface area (Å²) in [7, 11) is 0. The van der Waals surface area contributed by atoms with Gasteiger partial charge in [0, 0.05) is 16.7 Å². The van der Waals surface area contributed by atoms with Crippen LogP contribution >= 0.6 is 27.5 Å². The second kappa shape index (κ2) is 4.80. The van der Waals surface area contributed by atoms with Crippen LogP contribution < -0.4 is 4.74 Å². The Balaban J connectivity index is 2.27. The van der Waals surface area contributed by atoms with Gasteiger partial charge < -0.3 is 4.74 Å². The molecule has 0 saturated heterocycles. The summed E-state index contributed by atoms with van der Waals surface area (Å²) in [5, 5.41) is 0.0228. The molecule has 0 radical (unpaired) electrons. The van der Waals surface area contributed by atoms with Gasteiger partial charge in [-0.2, -0.15) is 0 Å². The molecule has 2 rings (SSSR count). The lowest BCUT2D eigenvalue weighted by atomic mass is 10.3. The molecule has 0 N–H and O–H groups in total. The van der Waals surface area contributed by atoms with E-state index in [1.807, 2.05) is 0 Å². The van der Waals surface area contributed by atoms with Gasteiger partial charge in [0.2, 0.25) is 5.88 Å². The summed E-state index contributed by atoms with van der Waals surface area (Å²) in [5.74, 6) is -0.222. The molecule has 5 heteroatoms. The van der Waals surface area contributed by atoms with Crippen molar-refractivity contribution in [3.63, 3.8) is 0 Å². The van der Waals surface area contributed by atoms with Crippen LogP contribution in [0.4, 0.5) is 4.39 Å². The van der Waals surface area contributed by atoms with Crippen LogP contribution in [0, 0.1) is 5.82 Å². The van der Waals surface area contributed by atoms with E-state index < -0.39 is 5.82 Å². The number of benzene rings is 1. The molecule has 16 heavy (non-hydrogen) atoms. The zero-order valence-electron chi connectivity index (χ0n) is 7.95. The first-order valence-corrected chi connectivity index (χ1v) is 5.57. The van der Waals surface area contributed by atoms with Crippen LogP contribution in [-0.2, 0) is 0 Å². The lowest BCUT2D eigenvalue weighted by Gasteiger charge is -2.06. The average Bonchev–Trinajstić information content (AvgIpc) is 2.28. The first-order valence-electron chi connectivity index (χ1n) is 4.40. The van der Waals surface area contributed by atoms with E-state index in [0.717, 1.165) is 4.47 Å². The number of ether oxygens (including phenoxy) is 1. The van der Waals surface area contributed by atoms with Crippen LogP contribution in [0.5, 0.6) is 11.6 Å². The fourth-order valence-corrected chi connectivity index (χ4v) is 1.50. The van der Waals surface area contributed by atoms with E-state index in [9.17, 15) is 4.39 Å². The second-order valence-electron chi connectivity index (χ2n) is 2.97. The van der Waals surface area contributed by atoms with Gasteiger partial charge in [-0.1, -0.05) is 17.7 Å². The highest BCUT2D eigenvalue weighted by atomic mass is 79.9. The smallest absolute Gasteiger partial charge is 0.219 e. The molecule has 0 aliphatic carbocycles. The Hall–Kier alpha value is -1.13. The molecule has 82 valence electrons. The van der Waals surface area contributed by atoms with E-state index >= 15 is 0 Å². The Morgan fingerprint density at radius 2 is 2.06 bits per heavy atom. The van der Waals surface area contributed by atoms with Crippen molar-refractivity contribution >= 4 is 27.5 Å². The van der Waals surface area contributed by atoms with Gasteiger partial charge in [-0.25, -0.2) is 9.37 Å². The van der Waals surface area contributed by atoms with Crippen LogP contribution in [0.15, 0.2) is 41.0 Å². The molecule has 0 bridgehead atoms. The number of hydrogen-bond acceptors (Lipinski definition) is 2. The summed E-state index contributed by atoms with van der Waals surface area (Å²) in [5.41, 5.74) is 0. The summed E-state index contributed by atoms with van der Waals surface area (Å²) in [6, 6.07) is 7.94. The Kier molecular flexibility index (Phi) is 3.41. The highest BCUT2D eigenvalue weighted by Gasteiger charge is 2.08. The van der Waals surface area contributed by atoms with Gasteiger partial charge in [-0.15, -0.1) is 0 Å². The molecular weight excluding hydrogens is 296 g/mol. The molecule has 0 amide bonds. The summed E-state index contributed by atoms with van der Waals surface area (Å²) < 4.78 is 19.6. The third-order valence-corrected chi connectivity index (χ3v) is 2.59. The van der Waals surface area contributed by atoms with E-state index in [1.54, 1.807) is 24.4 Å². The Bertz CT molecular complexity index is 504. The highest BCUT2D eigenvalue weighted by Crippen LogP contribution is 2.27. The summed E-state index contributed by atoms with van der Waals surface area (Å²) in [6.45, 7) is 0. The van der Waals surface area contributed by atoms with Gasteiger partial charge in [-0.3, -0.25) is 0 Å². The minimum Gasteiger partial charge on any atom is -0.436 e. The van der Waals surface area contributed by atoms with Crippen LogP contribution in [0.25, 0.3) is 0 Å². The molecule has 1 heterocycles. The maximum Gasteiger partial charge on any atom is 0.219 e. The summed E-state index contributed by atoms with van der Waals surface area (Å²) in [4.78, 5) is 3.97. The molecule has 0 aliphatic rings. The van der Waals surface area contributed by atoms with Gasteiger partial charge in [0.1, 0.15) is 0 Å². The predicted molar refractivity (Wildman–Crippen MR) is 63.4 cm³/mol. The van der Waals surface area contributed by atoms with E-state index in [1.165, 1.54) is 12.1 Å². The van der Waals surface area contributed by atoms with Gasteiger partial charge in [0.25, 0.3) is 0 Å². The number of hydrogen-bond donors (Lipinski definition) is 0. The first-order chi connectivity index (χ1) is 7.66. The minimum absolute atomic E-state index is 0.0228. The van der Waals surface area contributed by atoms with Crippen LogP contribution in [-0.4, -0.2) is 4.98 Å². The SMILES string of the molecule is Fc1c(Cl)cccc1Oc1ccc(Br)cn1. The first kappa shape index (κ1) is 11.4. The number of pyridine rings is 1. The lowest BCUT2D eigenvalue weighted by molar-refractivity contribution is 0.427. The van der Waals surface area contributed by atoms with Crippen LogP contribution in [0.2, 0.25) is 5.02 Å². The molecular formula is C11H6BrClFNO. The maximum absolute atomic E-state index is 13.5. The molecule has 0 atom stereocenters. The molecule has 0 saturated carbocycles. The fraction of sp³-hybridized carbons (Fsp3) is 0. The number of halogens is 3. The van der Waals surface area contributed by atoms with Crippen molar-refractivity contribution in [1.82, 2.24) is 4.98 Å². The van der Waals surface area contributed by atoms with Gasteiger partial charge >= 0.3 is 0 Å². The topological polar surface area (TPSA) is 22.1 Å². The van der Waals surface area contributed by atoms with Crippen molar-refractivity contribution in [3.8, 4) is 11.6 Å². The number of aromatic nitrogens is 1. The standard InChI is InChI=1S/C11H6BrClFNO/c12-7-4-5-10(15-6-7)16-9-3-1-2-8(13)11(9)14/h1-6H. The molecule has 1 aromatic carbocycles. The van der Waals surface area contributed by atoms with Crippen molar-refractivity contribution < 1.29 is 9.13 Å². The monoisotopic (exact) mass is 301 g/mol. The molecule has 0 aliphatic heterocycles. The fourth-order valence-electron chi connectivity index (χ4n) is 1.10. The van der Waals surface area contributed by atoms with Crippen molar-refractivity contribution in [3.05, 3.63) is 51.8 Å². The van der Waals surface area contributed by atoms with Crippen molar-refractivity contribution in [1.29, 1.82) is 0 Å². The van der Waals surface area contributed by atoms with E-state index in [4.69, 9.17) is 16.3 Å². The predicted octanol–water partition coefficient (Wildman–Crippen LogP) is 4.43. The minimum atomic E-state index is -0.589. The van der Waals surface area contributed by atoms with Crippen LogP contribution in [0.1, 0.15) is 0 Å². The largest absolute Gasteiger partial charge is 0.436 e. The van der Waals surface area contributed by atoms with E-state index in [2.05, 4.69) is 20.9 Å². The molecule has 1 aromatic heterocycles. The lowest BCUT2D eigenvalue weighted by Crippen LogP contribution is -1.90. The van der Waals surface area contributed by atoms with Crippen molar-refractivity contribution in [2.75, 3.05) is 0 Å².